The van der Waals surface area contributed by atoms with Crippen molar-refractivity contribution in [2.75, 3.05) is 13.1 Å². The van der Waals surface area contributed by atoms with Gasteiger partial charge in [0.2, 0.25) is 11.8 Å². The molecule has 0 spiro atoms. The van der Waals surface area contributed by atoms with Crippen molar-refractivity contribution in [3.8, 4) is 11.8 Å². The number of hydrogen-bond donors (Lipinski definition) is 1. The first-order chi connectivity index (χ1) is 15.6. The molecule has 8 nitrogen and oxygen atoms in total. The van der Waals surface area contributed by atoms with Gasteiger partial charge < -0.3 is 14.5 Å². The van der Waals surface area contributed by atoms with Crippen molar-refractivity contribution in [3.63, 3.8) is 0 Å². The molecule has 1 aromatic carbocycles. The van der Waals surface area contributed by atoms with E-state index < -0.39 is 17.6 Å². The molecule has 0 bridgehead atoms. The molecule has 4 amide bonds. The van der Waals surface area contributed by atoms with E-state index in [1.807, 2.05) is 32.9 Å². The van der Waals surface area contributed by atoms with Gasteiger partial charge >= 0.3 is 6.09 Å². The van der Waals surface area contributed by atoms with Crippen molar-refractivity contribution in [1.82, 2.24) is 15.1 Å². The molecule has 174 valence electrons. The molecular formula is C25H29N3O5. The van der Waals surface area contributed by atoms with Crippen LogP contribution in [0.3, 0.4) is 0 Å². The molecule has 1 N–H and O–H groups in total. The fraction of sp³-hybridized carbons (Fsp3) is 0.520. The van der Waals surface area contributed by atoms with Crippen LogP contribution in [0.2, 0.25) is 0 Å². The molecule has 8 heteroatoms. The van der Waals surface area contributed by atoms with Crippen molar-refractivity contribution in [2.45, 2.75) is 64.6 Å². The molecule has 3 aliphatic rings. The smallest absolute Gasteiger partial charge is 0.410 e. The summed E-state index contributed by atoms with van der Waals surface area (Å²) in [6.07, 6.45) is 1.88. The number of carbonyl (C=O) groups excluding carboxylic acids is 4. The maximum Gasteiger partial charge on any atom is 0.410 e. The summed E-state index contributed by atoms with van der Waals surface area (Å²) < 4.78 is 5.44. The first-order valence-corrected chi connectivity index (χ1v) is 11.4. The Balaban J connectivity index is 1.36. The minimum absolute atomic E-state index is 0.187. The van der Waals surface area contributed by atoms with Crippen molar-refractivity contribution in [2.24, 2.45) is 5.92 Å². The highest BCUT2D eigenvalue weighted by Gasteiger charge is 2.39. The van der Waals surface area contributed by atoms with E-state index in [1.54, 1.807) is 11.0 Å². The van der Waals surface area contributed by atoms with E-state index in [2.05, 4.69) is 17.2 Å². The Hall–Kier alpha value is -3.34. The Bertz CT molecular complexity index is 1050. The number of amides is 4. The predicted octanol–water partition coefficient (Wildman–Crippen LogP) is 2.45. The second kappa shape index (κ2) is 8.89. The molecule has 0 aromatic heterocycles. The Morgan fingerprint density at radius 3 is 2.52 bits per heavy atom. The molecule has 0 saturated carbocycles. The number of rotatable bonds is 1. The van der Waals surface area contributed by atoms with Gasteiger partial charge in [-0.1, -0.05) is 11.8 Å². The van der Waals surface area contributed by atoms with Gasteiger partial charge in [0.1, 0.15) is 11.6 Å². The van der Waals surface area contributed by atoms with Crippen LogP contribution in [-0.4, -0.2) is 58.3 Å². The molecule has 1 aromatic rings. The Kier molecular flexibility index (Phi) is 6.15. The molecule has 3 aliphatic heterocycles. The lowest BCUT2D eigenvalue weighted by atomic mass is 9.97. The molecule has 0 radical (unpaired) electrons. The van der Waals surface area contributed by atoms with Crippen molar-refractivity contribution in [3.05, 3.63) is 34.9 Å². The van der Waals surface area contributed by atoms with Crippen molar-refractivity contribution < 1.29 is 23.9 Å². The summed E-state index contributed by atoms with van der Waals surface area (Å²) in [5.74, 6) is 5.82. The first-order valence-electron chi connectivity index (χ1n) is 11.4. The maximum atomic E-state index is 12.8. The number of benzene rings is 1. The zero-order valence-corrected chi connectivity index (χ0v) is 19.3. The third kappa shape index (κ3) is 5.19. The number of likely N-dealkylation sites (tertiary alicyclic amines) is 1. The minimum atomic E-state index is -0.618. The third-order valence-electron chi connectivity index (χ3n) is 6.09. The van der Waals surface area contributed by atoms with Gasteiger partial charge in [0.15, 0.2) is 0 Å². The molecule has 1 unspecified atom stereocenters. The zero-order valence-electron chi connectivity index (χ0n) is 19.3. The maximum absolute atomic E-state index is 12.8. The van der Waals surface area contributed by atoms with Crippen LogP contribution in [0.25, 0.3) is 0 Å². The normalized spacial score (nSPS) is 21.3. The number of piperidine rings is 2. The molecule has 4 rings (SSSR count). The lowest BCUT2D eigenvalue weighted by Crippen LogP contribution is -2.52. The average Bonchev–Trinajstić information content (AvgIpc) is 3.07. The summed E-state index contributed by atoms with van der Waals surface area (Å²) in [4.78, 5) is 51.9. The van der Waals surface area contributed by atoms with Crippen LogP contribution in [-0.2, 0) is 20.9 Å². The third-order valence-corrected chi connectivity index (χ3v) is 6.09. The standard InChI is InChI=1S/C25H29N3O5/c1-25(2,3)33-24(32)27-12-10-16(11-13-27)4-5-17-6-7-19-18(14-17)15-28(23(19)31)20-8-9-21(29)26-22(20)30/h6-7,14,16,20H,8-13,15H2,1-3H3,(H,26,29,30). The van der Waals surface area contributed by atoms with Gasteiger partial charge in [-0.3, -0.25) is 19.7 Å². The van der Waals surface area contributed by atoms with Crippen LogP contribution in [0.5, 0.6) is 0 Å². The summed E-state index contributed by atoms with van der Waals surface area (Å²) in [6, 6.07) is 4.88. The quantitative estimate of drug-likeness (QED) is 0.523. The van der Waals surface area contributed by atoms with Crippen LogP contribution in [0.4, 0.5) is 4.79 Å². The highest BCUT2D eigenvalue weighted by Crippen LogP contribution is 2.28. The summed E-state index contributed by atoms with van der Waals surface area (Å²) in [6.45, 7) is 7.15. The second-order valence-corrected chi connectivity index (χ2v) is 9.78. The van der Waals surface area contributed by atoms with Gasteiger partial charge in [-0.2, -0.15) is 0 Å². The van der Waals surface area contributed by atoms with Crippen LogP contribution < -0.4 is 5.32 Å². The highest BCUT2D eigenvalue weighted by molar-refractivity contribution is 6.05. The number of nitrogens with zero attached hydrogens (tertiary/aromatic N) is 2. The number of ether oxygens (including phenoxy) is 1. The van der Waals surface area contributed by atoms with Crippen LogP contribution >= 0.6 is 0 Å². The Labute approximate surface area is 193 Å². The second-order valence-electron chi connectivity index (χ2n) is 9.78. The van der Waals surface area contributed by atoms with Gasteiger partial charge in [0, 0.05) is 43.1 Å². The summed E-state index contributed by atoms with van der Waals surface area (Å²) in [5.41, 5.74) is 1.74. The minimum Gasteiger partial charge on any atom is -0.444 e. The van der Waals surface area contributed by atoms with Crippen LogP contribution in [0.15, 0.2) is 18.2 Å². The molecular weight excluding hydrogens is 422 g/mol. The van der Waals surface area contributed by atoms with Crippen LogP contribution in [0, 0.1) is 17.8 Å². The number of imide groups is 1. The van der Waals surface area contributed by atoms with E-state index >= 15 is 0 Å². The van der Waals surface area contributed by atoms with Crippen molar-refractivity contribution >= 4 is 23.8 Å². The Morgan fingerprint density at radius 1 is 1.12 bits per heavy atom. The molecule has 3 heterocycles. The van der Waals surface area contributed by atoms with Gasteiger partial charge in [0.25, 0.3) is 5.91 Å². The number of fused-ring (bicyclic) bond motifs is 1. The summed E-state index contributed by atoms with van der Waals surface area (Å²) in [5, 5.41) is 2.32. The topological polar surface area (TPSA) is 96.0 Å². The molecule has 2 fully saturated rings. The van der Waals surface area contributed by atoms with Gasteiger partial charge in [-0.25, -0.2) is 4.79 Å². The predicted molar refractivity (Wildman–Crippen MR) is 120 cm³/mol. The van der Waals surface area contributed by atoms with E-state index in [1.165, 1.54) is 4.90 Å². The molecule has 0 aliphatic carbocycles. The van der Waals surface area contributed by atoms with Gasteiger partial charge in [-0.05, 0) is 63.8 Å². The van der Waals surface area contributed by atoms with E-state index in [4.69, 9.17) is 4.74 Å². The molecule has 2 saturated heterocycles. The van der Waals surface area contributed by atoms with E-state index in [0.717, 1.165) is 24.0 Å². The monoisotopic (exact) mass is 451 g/mol. The first kappa shape index (κ1) is 22.8. The lowest BCUT2D eigenvalue weighted by molar-refractivity contribution is -0.136. The Morgan fingerprint density at radius 2 is 1.85 bits per heavy atom. The fourth-order valence-electron chi connectivity index (χ4n) is 4.37. The molecule has 33 heavy (non-hydrogen) atoms. The van der Waals surface area contributed by atoms with E-state index in [9.17, 15) is 19.2 Å². The number of hydrogen-bond acceptors (Lipinski definition) is 5. The van der Waals surface area contributed by atoms with Crippen molar-refractivity contribution in [1.29, 1.82) is 0 Å². The van der Waals surface area contributed by atoms with E-state index in [0.29, 0.717) is 31.6 Å². The van der Waals surface area contributed by atoms with Gasteiger partial charge in [-0.15, -0.1) is 0 Å². The average molecular weight is 452 g/mol. The van der Waals surface area contributed by atoms with Crippen LogP contribution in [0.1, 0.15) is 67.9 Å². The highest BCUT2D eigenvalue weighted by atomic mass is 16.6. The fourth-order valence-corrected chi connectivity index (χ4v) is 4.37. The SMILES string of the molecule is CC(C)(C)OC(=O)N1CCC(C#Cc2ccc3c(c2)CN(C2CCC(=O)NC2=O)C3=O)CC1. The zero-order chi connectivity index (χ0) is 23.8. The van der Waals surface area contributed by atoms with E-state index in [-0.39, 0.29) is 30.2 Å². The summed E-state index contributed by atoms with van der Waals surface area (Å²) >= 11 is 0. The number of nitrogens with one attached hydrogen (secondary N) is 1. The lowest BCUT2D eigenvalue weighted by Gasteiger charge is -2.31. The number of carbonyl (C=O) groups is 4. The largest absolute Gasteiger partial charge is 0.444 e. The molecule has 1 atom stereocenters. The van der Waals surface area contributed by atoms with Gasteiger partial charge in [0.05, 0.1) is 0 Å². The summed E-state index contributed by atoms with van der Waals surface area (Å²) in [7, 11) is 0.